The lowest BCUT2D eigenvalue weighted by Crippen LogP contribution is -2.48. The maximum atomic E-state index is 12.9. The summed E-state index contributed by atoms with van der Waals surface area (Å²) in [5, 5.41) is 7.09. The van der Waals surface area contributed by atoms with Crippen LogP contribution in [-0.2, 0) is 10.0 Å². The minimum absolute atomic E-state index is 0.222. The van der Waals surface area contributed by atoms with Crippen molar-refractivity contribution in [1.82, 2.24) is 23.8 Å². The van der Waals surface area contributed by atoms with E-state index in [-0.39, 0.29) is 10.8 Å². The van der Waals surface area contributed by atoms with Crippen molar-refractivity contribution in [3.8, 4) is 0 Å². The van der Waals surface area contributed by atoms with Gasteiger partial charge in [-0.3, -0.25) is 4.79 Å². The van der Waals surface area contributed by atoms with Gasteiger partial charge in [-0.2, -0.15) is 9.40 Å². The summed E-state index contributed by atoms with van der Waals surface area (Å²) in [6.45, 7) is 7.17. The molecule has 30 heavy (non-hydrogen) atoms. The Morgan fingerprint density at radius 2 is 1.83 bits per heavy atom. The Balaban J connectivity index is 1.50. The highest BCUT2D eigenvalue weighted by Crippen LogP contribution is 2.21. The van der Waals surface area contributed by atoms with Gasteiger partial charge in [0.25, 0.3) is 5.91 Å². The van der Waals surface area contributed by atoms with E-state index in [9.17, 15) is 13.2 Å². The fourth-order valence-corrected chi connectivity index (χ4v) is 5.02. The maximum absolute atomic E-state index is 12.9. The van der Waals surface area contributed by atoms with Gasteiger partial charge in [-0.1, -0.05) is 6.92 Å². The number of fused-ring (bicyclic) bond motifs is 1. The third-order valence-electron chi connectivity index (χ3n) is 5.33. The van der Waals surface area contributed by atoms with Crippen LogP contribution in [-0.4, -0.2) is 70.9 Å². The second-order valence-electron chi connectivity index (χ2n) is 7.17. The molecule has 1 aromatic carbocycles. The van der Waals surface area contributed by atoms with E-state index in [1.807, 2.05) is 0 Å². The van der Waals surface area contributed by atoms with Crippen LogP contribution in [0.15, 0.2) is 47.6 Å². The molecule has 9 nitrogen and oxygen atoms in total. The van der Waals surface area contributed by atoms with E-state index >= 15 is 0 Å². The lowest BCUT2D eigenvalue weighted by molar-refractivity contribution is 0.102. The van der Waals surface area contributed by atoms with Crippen LogP contribution in [0.1, 0.15) is 23.0 Å². The van der Waals surface area contributed by atoms with Crippen LogP contribution in [0.3, 0.4) is 0 Å². The van der Waals surface area contributed by atoms with Gasteiger partial charge in [-0.05, 0) is 43.8 Å². The number of rotatable bonds is 5. The van der Waals surface area contributed by atoms with Gasteiger partial charge in [0, 0.05) is 44.3 Å². The number of benzene rings is 1. The molecule has 1 aliphatic heterocycles. The first kappa shape index (κ1) is 20.5. The number of piperazine rings is 1. The number of aromatic nitrogens is 3. The number of carbonyl (C=O) groups excluding carboxylic acids is 1. The molecule has 0 bridgehead atoms. The highest BCUT2D eigenvalue weighted by molar-refractivity contribution is 7.89. The van der Waals surface area contributed by atoms with E-state index < -0.39 is 10.0 Å². The summed E-state index contributed by atoms with van der Waals surface area (Å²) in [6.07, 6.45) is 3.33. The molecule has 0 spiro atoms. The second-order valence-corrected chi connectivity index (χ2v) is 9.10. The number of nitrogens with one attached hydrogen (secondary N) is 1. The number of aryl methyl sites for hydroxylation is 1. The van der Waals surface area contributed by atoms with Gasteiger partial charge in [0.05, 0.1) is 10.6 Å². The Hall–Kier alpha value is -2.82. The number of carbonyl (C=O) groups is 1. The van der Waals surface area contributed by atoms with Crippen molar-refractivity contribution in [3.63, 3.8) is 0 Å². The van der Waals surface area contributed by atoms with Crippen molar-refractivity contribution >= 4 is 27.3 Å². The first-order valence-electron chi connectivity index (χ1n) is 9.84. The zero-order valence-corrected chi connectivity index (χ0v) is 17.8. The third kappa shape index (κ3) is 3.81. The van der Waals surface area contributed by atoms with E-state index in [0.717, 1.165) is 19.6 Å². The van der Waals surface area contributed by atoms with E-state index in [2.05, 4.69) is 27.2 Å². The molecule has 1 N–H and O–H groups in total. The van der Waals surface area contributed by atoms with Gasteiger partial charge >= 0.3 is 0 Å². The normalized spacial score (nSPS) is 16.1. The molecule has 3 heterocycles. The Labute approximate surface area is 175 Å². The van der Waals surface area contributed by atoms with E-state index in [0.29, 0.717) is 35.7 Å². The van der Waals surface area contributed by atoms with Gasteiger partial charge in [0.1, 0.15) is 5.56 Å². The molecule has 0 unspecified atom stereocenters. The molecule has 0 radical (unpaired) electrons. The Bertz CT molecular complexity index is 1160. The molecule has 0 atom stereocenters. The number of sulfonamides is 1. The van der Waals surface area contributed by atoms with Crippen LogP contribution in [0.25, 0.3) is 5.65 Å². The Kier molecular flexibility index (Phi) is 5.54. The van der Waals surface area contributed by atoms with Crippen LogP contribution in [0.4, 0.5) is 5.69 Å². The average molecular weight is 429 g/mol. The zero-order valence-electron chi connectivity index (χ0n) is 16.9. The van der Waals surface area contributed by atoms with Crippen LogP contribution in [0, 0.1) is 6.92 Å². The number of anilines is 1. The monoisotopic (exact) mass is 428 g/mol. The van der Waals surface area contributed by atoms with Gasteiger partial charge in [-0.15, -0.1) is 0 Å². The van der Waals surface area contributed by atoms with Crippen molar-refractivity contribution in [1.29, 1.82) is 0 Å². The highest BCUT2D eigenvalue weighted by atomic mass is 32.2. The molecular formula is C20H24N6O3S. The first-order valence-corrected chi connectivity index (χ1v) is 11.3. The second kappa shape index (κ2) is 8.13. The van der Waals surface area contributed by atoms with Crippen molar-refractivity contribution in [2.45, 2.75) is 18.7 Å². The van der Waals surface area contributed by atoms with Gasteiger partial charge in [0.15, 0.2) is 5.65 Å². The lowest BCUT2D eigenvalue weighted by atomic mass is 10.2. The minimum atomic E-state index is -3.55. The molecule has 0 aliphatic carbocycles. The molecule has 1 saturated heterocycles. The molecule has 158 valence electrons. The number of nitrogens with zero attached hydrogens (tertiary/aromatic N) is 5. The largest absolute Gasteiger partial charge is 0.322 e. The van der Waals surface area contributed by atoms with Crippen molar-refractivity contribution in [2.24, 2.45) is 0 Å². The fourth-order valence-electron chi connectivity index (χ4n) is 3.60. The Morgan fingerprint density at radius 1 is 1.13 bits per heavy atom. The van der Waals surface area contributed by atoms with E-state index in [4.69, 9.17) is 0 Å². The molecule has 4 rings (SSSR count). The smallest absolute Gasteiger partial charge is 0.261 e. The summed E-state index contributed by atoms with van der Waals surface area (Å²) in [6, 6.07) is 7.99. The highest BCUT2D eigenvalue weighted by Gasteiger charge is 2.28. The molecular weight excluding hydrogens is 404 g/mol. The number of amides is 1. The fraction of sp³-hybridized carbons (Fsp3) is 0.350. The summed E-state index contributed by atoms with van der Waals surface area (Å²) < 4.78 is 28.9. The molecule has 1 fully saturated rings. The molecule has 0 saturated carbocycles. The third-order valence-corrected chi connectivity index (χ3v) is 7.24. The van der Waals surface area contributed by atoms with Crippen LogP contribution >= 0.6 is 0 Å². The summed E-state index contributed by atoms with van der Waals surface area (Å²) >= 11 is 0. The molecule has 1 aliphatic rings. The summed E-state index contributed by atoms with van der Waals surface area (Å²) in [5.41, 5.74) is 1.93. The van der Waals surface area contributed by atoms with E-state index in [1.165, 1.54) is 16.4 Å². The molecule has 10 heteroatoms. The van der Waals surface area contributed by atoms with Crippen molar-refractivity contribution < 1.29 is 13.2 Å². The molecule has 3 aromatic rings. The zero-order chi connectivity index (χ0) is 21.3. The van der Waals surface area contributed by atoms with Crippen molar-refractivity contribution in [2.75, 3.05) is 38.0 Å². The summed E-state index contributed by atoms with van der Waals surface area (Å²) in [4.78, 5) is 19.4. The van der Waals surface area contributed by atoms with Crippen LogP contribution < -0.4 is 5.32 Å². The minimum Gasteiger partial charge on any atom is -0.322 e. The lowest BCUT2D eigenvalue weighted by Gasteiger charge is -2.33. The summed E-state index contributed by atoms with van der Waals surface area (Å²) in [7, 11) is -3.55. The Morgan fingerprint density at radius 3 is 2.50 bits per heavy atom. The van der Waals surface area contributed by atoms with Crippen LogP contribution in [0.5, 0.6) is 0 Å². The molecule has 1 amide bonds. The van der Waals surface area contributed by atoms with Gasteiger partial charge in [-0.25, -0.2) is 17.9 Å². The quantitative estimate of drug-likeness (QED) is 0.663. The van der Waals surface area contributed by atoms with Gasteiger partial charge in [0.2, 0.25) is 10.0 Å². The maximum Gasteiger partial charge on any atom is 0.261 e. The van der Waals surface area contributed by atoms with Crippen LogP contribution in [0.2, 0.25) is 0 Å². The first-order chi connectivity index (χ1) is 14.4. The number of likely N-dealkylation sites (N-methyl/N-ethyl adjacent to an activating group) is 1. The number of hydrogen-bond donors (Lipinski definition) is 1. The predicted molar refractivity (Wildman–Crippen MR) is 113 cm³/mol. The number of hydrogen-bond acceptors (Lipinski definition) is 6. The predicted octanol–water partition coefficient (Wildman–Crippen LogP) is 1.62. The molecule has 2 aromatic heterocycles. The SMILES string of the molecule is CCN1CCN(S(=O)(=O)c2ccc(NC(=O)c3c(C)nn4cccnc34)cc2)CC1. The van der Waals surface area contributed by atoms with Gasteiger partial charge < -0.3 is 10.2 Å². The average Bonchev–Trinajstić information content (AvgIpc) is 3.10. The topological polar surface area (TPSA) is 99.9 Å². The van der Waals surface area contributed by atoms with Crippen molar-refractivity contribution in [3.05, 3.63) is 54.0 Å². The summed E-state index contributed by atoms with van der Waals surface area (Å²) in [5.74, 6) is -0.340. The standard InChI is InChI=1S/C20H24N6O3S/c1-3-24-11-13-25(14-12-24)30(28,29)17-7-5-16(6-8-17)22-20(27)18-15(2)23-26-10-4-9-21-19(18)26/h4-10H,3,11-14H2,1-2H3,(H,22,27). The van der Waals surface area contributed by atoms with E-state index in [1.54, 1.807) is 42.0 Å².